The second kappa shape index (κ2) is 2.94. The smallest absolute Gasteiger partial charge is 0.135 e. The molecule has 1 N–H and O–H groups in total. The van der Waals surface area contributed by atoms with Crippen LogP contribution in [0.25, 0.3) is 0 Å². The second-order valence-corrected chi connectivity index (χ2v) is 3.57. The Hall–Kier alpha value is -0.760. The lowest BCUT2D eigenvalue weighted by Crippen LogP contribution is -2.27. The third-order valence-corrected chi connectivity index (χ3v) is 2.66. The van der Waals surface area contributed by atoms with Crippen LogP contribution in [0.1, 0.15) is 37.9 Å². The van der Waals surface area contributed by atoms with Crippen LogP contribution in [-0.4, -0.2) is 5.11 Å². The molecule has 0 saturated heterocycles. The van der Waals surface area contributed by atoms with Gasteiger partial charge in [-0.1, -0.05) is 19.3 Å². The average molecular weight is 166 g/mol. The topological polar surface area (TPSA) is 33.4 Å². The Kier molecular flexibility index (Phi) is 1.93. The van der Waals surface area contributed by atoms with Crippen LogP contribution in [0.3, 0.4) is 0 Å². The van der Waals surface area contributed by atoms with E-state index < -0.39 is 5.60 Å². The lowest BCUT2D eigenvalue weighted by atomic mass is 9.83. The van der Waals surface area contributed by atoms with Crippen molar-refractivity contribution in [3.63, 3.8) is 0 Å². The monoisotopic (exact) mass is 166 g/mol. The van der Waals surface area contributed by atoms with Gasteiger partial charge in [0.2, 0.25) is 0 Å². The molecule has 0 radical (unpaired) electrons. The molecule has 1 saturated carbocycles. The molecule has 2 nitrogen and oxygen atoms in total. The van der Waals surface area contributed by atoms with Crippen molar-refractivity contribution in [1.82, 2.24) is 0 Å². The van der Waals surface area contributed by atoms with Gasteiger partial charge in [-0.15, -0.1) is 0 Å². The first kappa shape index (κ1) is 7.87. The Morgan fingerprint density at radius 3 is 2.58 bits per heavy atom. The lowest BCUT2D eigenvalue weighted by Gasteiger charge is -2.29. The lowest BCUT2D eigenvalue weighted by molar-refractivity contribution is -0.0198. The van der Waals surface area contributed by atoms with Gasteiger partial charge in [0.15, 0.2) is 0 Å². The van der Waals surface area contributed by atoms with E-state index in [-0.39, 0.29) is 0 Å². The maximum absolute atomic E-state index is 10.1. The zero-order valence-corrected chi connectivity index (χ0v) is 7.12. The van der Waals surface area contributed by atoms with Crippen LogP contribution in [0.5, 0.6) is 0 Å². The third kappa shape index (κ3) is 1.27. The van der Waals surface area contributed by atoms with E-state index in [0.717, 1.165) is 31.4 Å². The van der Waals surface area contributed by atoms with Gasteiger partial charge in [0.05, 0.1) is 6.26 Å². The first-order valence-electron chi connectivity index (χ1n) is 4.58. The quantitative estimate of drug-likeness (QED) is 0.695. The molecule has 1 aromatic rings. The summed E-state index contributed by atoms with van der Waals surface area (Å²) in [6.07, 6.45) is 6.78. The molecule has 1 aliphatic carbocycles. The van der Waals surface area contributed by atoms with E-state index in [1.54, 1.807) is 6.26 Å². The summed E-state index contributed by atoms with van der Waals surface area (Å²) in [6.45, 7) is 0. The third-order valence-electron chi connectivity index (χ3n) is 2.66. The normalized spacial score (nSPS) is 22.4. The molecule has 1 aliphatic rings. The van der Waals surface area contributed by atoms with Gasteiger partial charge in [-0.05, 0) is 25.0 Å². The van der Waals surface area contributed by atoms with E-state index in [9.17, 15) is 5.11 Å². The van der Waals surface area contributed by atoms with Gasteiger partial charge in [0.25, 0.3) is 0 Å². The zero-order valence-electron chi connectivity index (χ0n) is 7.12. The number of furan rings is 1. The molecule has 1 fully saturated rings. The summed E-state index contributed by atoms with van der Waals surface area (Å²) < 4.78 is 5.23. The summed E-state index contributed by atoms with van der Waals surface area (Å²) in [5.74, 6) is 0.738. The van der Waals surface area contributed by atoms with Crippen LogP contribution in [0, 0.1) is 0 Å². The van der Waals surface area contributed by atoms with Crippen LogP contribution >= 0.6 is 0 Å². The first-order chi connectivity index (χ1) is 5.81. The minimum absolute atomic E-state index is 0.665. The second-order valence-electron chi connectivity index (χ2n) is 3.57. The van der Waals surface area contributed by atoms with Crippen molar-refractivity contribution < 1.29 is 9.52 Å². The highest BCUT2D eigenvalue weighted by Gasteiger charge is 2.33. The van der Waals surface area contributed by atoms with E-state index in [0.29, 0.717) is 0 Å². The molecular formula is C10H14O2. The van der Waals surface area contributed by atoms with Gasteiger partial charge in [0.1, 0.15) is 11.4 Å². The van der Waals surface area contributed by atoms with E-state index in [1.165, 1.54) is 6.42 Å². The Balaban J connectivity index is 2.19. The summed E-state index contributed by atoms with van der Waals surface area (Å²) in [4.78, 5) is 0. The van der Waals surface area contributed by atoms with E-state index in [2.05, 4.69) is 0 Å². The van der Waals surface area contributed by atoms with E-state index in [4.69, 9.17) is 4.42 Å². The van der Waals surface area contributed by atoms with E-state index >= 15 is 0 Å². The first-order valence-corrected chi connectivity index (χ1v) is 4.58. The van der Waals surface area contributed by atoms with Crippen molar-refractivity contribution >= 4 is 0 Å². The van der Waals surface area contributed by atoms with Crippen LogP contribution in [0.4, 0.5) is 0 Å². The Morgan fingerprint density at radius 1 is 1.25 bits per heavy atom. The molecule has 2 rings (SSSR count). The van der Waals surface area contributed by atoms with Gasteiger partial charge in [0, 0.05) is 0 Å². The maximum atomic E-state index is 10.1. The van der Waals surface area contributed by atoms with Crippen LogP contribution in [0.2, 0.25) is 0 Å². The molecule has 0 unspecified atom stereocenters. The van der Waals surface area contributed by atoms with Crippen molar-refractivity contribution in [1.29, 1.82) is 0 Å². The van der Waals surface area contributed by atoms with Crippen molar-refractivity contribution in [2.75, 3.05) is 0 Å². The highest BCUT2D eigenvalue weighted by atomic mass is 16.4. The zero-order chi connectivity index (χ0) is 8.44. The molecule has 1 aromatic heterocycles. The van der Waals surface area contributed by atoms with Gasteiger partial charge in [-0.2, -0.15) is 0 Å². The fourth-order valence-electron chi connectivity index (χ4n) is 1.93. The molecule has 0 bridgehead atoms. The Morgan fingerprint density at radius 2 is 2.00 bits per heavy atom. The fourth-order valence-corrected chi connectivity index (χ4v) is 1.93. The van der Waals surface area contributed by atoms with Crippen LogP contribution in [-0.2, 0) is 5.60 Å². The molecule has 0 amide bonds. The molecular weight excluding hydrogens is 152 g/mol. The minimum Gasteiger partial charge on any atom is -0.466 e. The predicted molar refractivity (Wildman–Crippen MR) is 45.7 cm³/mol. The molecule has 66 valence electrons. The van der Waals surface area contributed by atoms with Crippen molar-refractivity contribution in [2.45, 2.75) is 37.7 Å². The number of rotatable bonds is 1. The fraction of sp³-hybridized carbons (Fsp3) is 0.600. The summed E-state index contributed by atoms with van der Waals surface area (Å²) >= 11 is 0. The molecule has 1 heterocycles. The van der Waals surface area contributed by atoms with Gasteiger partial charge in [-0.3, -0.25) is 0 Å². The molecule has 0 aromatic carbocycles. The van der Waals surface area contributed by atoms with Gasteiger partial charge in [-0.25, -0.2) is 0 Å². The molecule has 2 heteroatoms. The summed E-state index contributed by atoms with van der Waals surface area (Å²) in [7, 11) is 0. The summed E-state index contributed by atoms with van der Waals surface area (Å²) in [5, 5.41) is 10.1. The molecule has 12 heavy (non-hydrogen) atoms. The maximum Gasteiger partial charge on any atom is 0.135 e. The predicted octanol–water partition coefficient (Wildman–Crippen LogP) is 2.43. The largest absolute Gasteiger partial charge is 0.466 e. The highest BCUT2D eigenvalue weighted by Crippen LogP contribution is 2.36. The van der Waals surface area contributed by atoms with Crippen molar-refractivity contribution in [2.24, 2.45) is 0 Å². The Labute approximate surface area is 72.2 Å². The molecule has 0 aliphatic heterocycles. The van der Waals surface area contributed by atoms with Crippen molar-refractivity contribution in [3.8, 4) is 0 Å². The molecule has 0 atom stereocenters. The van der Waals surface area contributed by atoms with Gasteiger partial charge >= 0.3 is 0 Å². The standard InChI is InChI=1S/C10H14O2/c11-10(6-2-1-3-7-10)9-5-4-8-12-9/h4-5,8,11H,1-3,6-7H2. The number of aliphatic hydroxyl groups is 1. The van der Waals surface area contributed by atoms with Crippen molar-refractivity contribution in [3.05, 3.63) is 24.2 Å². The summed E-state index contributed by atoms with van der Waals surface area (Å²) in [5.41, 5.74) is -0.665. The molecule has 0 spiro atoms. The van der Waals surface area contributed by atoms with Crippen LogP contribution < -0.4 is 0 Å². The Bertz CT molecular complexity index is 232. The van der Waals surface area contributed by atoms with Gasteiger partial charge < -0.3 is 9.52 Å². The van der Waals surface area contributed by atoms with Crippen LogP contribution in [0.15, 0.2) is 22.8 Å². The SMILES string of the molecule is OC1(c2ccco2)CCCCC1. The average Bonchev–Trinajstić information content (AvgIpc) is 2.58. The number of hydrogen-bond acceptors (Lipinski definition) is 2. The minimum atomic E-state index is -0.665. The van der Waals surface area contributed by atoms with E-state index in [1.807, 2.05) is 12.1 Å². The highest BCUT2D eigenvalue weighted by molar-refractivity contribution is 5.09. The summed E-state index contributed by atoms with van der Waals surface area (Å²) in [6, 6.07) is 3.70. The number of hydrogen-bond donors (Lipinski definition) is 1.